The summed E-state index contributed by atoms with van der Waals surface area (Å²) in [5.41, 5.74) is 1.31. The summed E-state index contributed by atoms with van der Waals surface area (Å²) in [6.07, 6.45) is 5.11. The van der Waals surface area contributed by atoms with E-state index in [1.165, 1.54) is 18.4 Å². The van der Waals surface area contributed by atoms with Crippen molar-refractivity contribution in [1.82, 2.24) is 15.2 Å². The van der Waals surface area contributed by atoms with Crippen molar-refractivity contribution in [3.05, 3.63) is 52.0 Å². The monoisotopic (exact) mass is 357 g/mol. The number of benzene rings is 1. The molecule has 5 heteroatoms. The van der Waals surface area contributed by atoms with Gasteiger partial charge in [0.2, 0.25) is 0 Å². The van der Waals surface area contributed by atoms with Crippen LogP contribution >= 0.6 is 11.3 Å². The van der Waals surface area contributed by atoms with E-state index in [0.29, 0.717) is 18.5 Å². The molecule has 0 saturated heterocycles. The summed E-state index contributed by atoms with van der Waals surface area (Å²) < 4.78 is 0. The van der Waals surface area contributed by atoms with Crippen LogP contribution in [0.25, 0.3) is 0 Å². The maximum absolute atomic E-state index is 12.5. The van der Waals surface area contributed by atoms with Crippen molar-refractivity contribution >= 4 is 17.2 Å². The fourth-order valence-electron chi connectivity index (χ4n) is 3.17. The molecule has 1 heterocycles. The van der Waals surface area contributed by atoms with E-state index < -0.39 is 0 Å². The molecule has 1 unspecified atom stereocenters. The molecular weight excluding hydrogens is 330 g/mol. The average Bonchev–Trinajstić information content (AvgIpc) is 3.38. The Kier molecular flexibility index (Phi) is 6.21. The number of thiazole rings is 1. The largest absolute Gasteiger partial charge is 0.350 e. The molecule has 1 fully saturated rings. The number of hydrogen-bond donors (Lipinski definition) is 1. The van der Waals surface area contributed by atoms with Crippen LogP contribution in [-0.2, 0) is 6.42 Å². The van der Waals surface area contributed by atoms with Gasteiger partial charge in [-0.1, -0.05) is 44.2 Å². The first kappa shape index (κ1) is 18.1. The number of rotatable bonds is 9. The molecule has 1 N–H and O–H groups in total. The van der Waals surface area contributed by atoms with Crippen LogP contribution in [0.5, 0.6) is 0 Å². The molecule has 4 nitrogen and oxygen atoms in total. The quantitative estimate of drug-likeness (QED) is 0.744. The highest BCUT2D eigenvalue weighted by atomic mass is 32.1. The molecule has 1 aromatic heterocycles. The number of amides is 1. The van der Waals surface area contributed by atoms with Crippen molar-refractivity contribution < 1.29 is 4.79 Å². The second-order valence-electron chi connectivity index (χ2n) is 6.61. The molecule has 1 saturated carbocycles. The number of nitrogens with zero attached hydrogens (tertiary/aromatic N) is 2. The molecule has 3 rings (SSSR count). The molecule has 1 atom stereocenters. The highest BCUT2D eigenvalue weighted by Gasteiger charge is 2.27. The molecule has 25 heavy (non-hydrogen) atoms. The highest BCUT2D eigenvalue weighted by molar-refractivity contribution is 7.13. The summed E-state index contributed by atoms with van der Waals surface area (Å²) in [5.74, 6) is 0.614. The number of aromatic nitrogens is 1. The summed E-state index contributed by atoms with van der Waals surface area (Å²) in [5, 5.41) is 4.25. The van der Waals surface area contributed by atoms with Crippen molar-refractivity contribution in [1.29, 1.82) is 0 Å². The Balaban J connectivity index is 1.61. The van der Waals surface area contributed by atoms with Gasteiger partial charge in [-0.2, -0.15) is 0 Å². The van der Waals surface area contributed by atoms with E-state index >= 15 is 0 Å². The predicted octanol–water partition coefficient (Wildman–Crippen LogP) is 3.70. The van der Waals surface area contributed by atoms with Gasteiger partial charge < -0.3 is 5.32 Å². The van der Waals surface area contributed by atoms with Gasteiger partial charge in [0.15, 0.2) is 0 Å². The first-order chi connectivity index (χ1) is 12.2. The molecule has 134 valence electrons. The third kappa shape index (κ3) is 4.89. The lowest BCUT2D eigenvalue weighted by Gasteiger charge is -2.30. The van der Waals surface area contributed by atoms with Gasteiger partial charge in [-0.25, -0.2) is 4.98 Å². The van der Waals surface area contributed by atoms with E-state index in [0.717, 1.165) is 29.4 Å². The SMILES string of the molecule is CCN(CC)C(CNC(=O)c1cnc(C2CC2)s1)Cc1ccccc1. The normalized spacial score (nSPS) is 15.3. The number of likely N-dealkylation sites (N-methyl/N-ethyl adjacent to an activating group) is 1. The molecule has 1 aliphatic rings. The molecule has 1 aliphatic carbocycles. The number of carbonyl (C=O) groups is 1. The maximum atomic E-state index is 12.5. The van der Waals surface area contributed by atoms with Crippen LogP contribution in [0, 0.1) is 0 Å². The van der Waals surface area contributed by atoms with E-state index in [9.17, 15) is 4.79 Å². The third-order valence-corrected chi connectivity index (χ3v) is 5.97. The topological polar surface area (TPSA) is 45.2 Å². The fourth-order valence-corrected chi connectivity index (χ4v) is 4.17. The Morgan fingerprint density at radius 2 is 2.00 bits per heavy atom. The Morgan fingerprint density at radius 3 is 2.64 bits per heavy atom. The second kappa shape index (κ2) is 8.59. The average molecular weight is 358 g/mol. The lowest BCUT2D eigenvalue weighted by Crippen LogP contribution is -2.45. The molecule has 0 bridgehead atoms. The van der Waals surface area contributed by atoms with Gasteiger partial charge in [-0.15, -0.1) is 11.3 Å². The van der Waals surface area contributed by atoms with Crippen molar-refractivity contribution in [2.45, 2.75) is 45.1 Å². The van der Waals surface area contributed by atoms with Gasteiger partial charge in [0, 0.05) is 18.5 Å². The summed E-state index contributed by atoms with van der Waals surface area (Å²) in [4.78, 5) is 20.1. The van der Waals surface area contributed by atoms with Crippen LogP contribution in [-0.4, -0.2) is 41.5 Å². The van der Waals surface area contributed by atoms with Crippen molar-refractivity contribution in [2.75, 3.05) is 19.6 Å². The molecule has 2 aromatic rings. The Bertz CT molecular complexity index is 677. The lowest BCUT2D eigenvalue weighted by molar-refractivity contribution is 0.0938. The van der Waals surface area contributed by atoms with E-state index in [1.807, 2.05) is 6.07 Å². The van der Waals surface area contributed by atoms with E-state index in [2.05, 4.69) is 53.3 Å². The van der Waals surface area contributed by atoms with Crippen LogP contribution in [0.4, 0.5) is 0 Å². The van der Waals surface area contributed by atoms with Gasteiger partial charge in [0.25, 0.3) is 5.91 Å². The summed E-state index contributed by atoms with van der Waals surface area (Å²) in [6.45, 7) is 6.97. The van der Waals surface area contributed by atoms with Gasteiger partial charge in [-0.3, -0.25) is 9.69 Å². The van der Waals surface area contributed by atoms with Crippen molar-refractivity contribution in [3.63, 3.8) is 0 Å². The second-order valence-corrected chi connectivity index (χ2v) is 7.67. The number of carbonyl (C=O) groups excluding carboxylic acids is 1. The van der Waals surface area contributed by atoms with Gasteiger partial charge >= 0.3 is 0 Å². The van der Waals surface area contributed by atoms with E-state index in [1.54, 1.807) is 17.5 Å². The minimum atomic E-state index is 0.00891. The van der Waals surface area contributed by atoms with E-state index in [4.69, 9.17) is 0 Å². The zero-order chi connectivity index (χ0) is 17.6. The first-order valence-corrected chi connectivity index (χ1v) is 10.0. The Morgan fingerprint density at radius 1 is 1.28 bits per heavy atom. The molecule has 0 spiro atoms. The lowest BCUT2D eigenvalue weighted by atomic mass is 10.0. The number of hydrogen-bond acceptors (Lipinski definition) is 4. The minimum absolute atomic E-state index is 0.00891. The van der Waals surface area contributed by atoms with Gasteiger partial charge in [0.1, 0.15) is 4.88 Å². The molecular formula is C20H27N3OS. The summed E-state index contributed by atoms with van der Waals surface area (Å²) in [6, 6.07) is 10.8. The van der Waals surface area contributed by atoms with Crippen LogP contribution in [0.15, 0.2) is 36.5 Å². The van der Waals surface area contributed by atoms with Crippen LogP contribution in [0.2, 0.25) is 0 Å². The smallest absolute Gasteiger partial charge is 0.263 e. The van der Waals surface area contributed by atoms with Crippen molar-refractivity contribution in [2.24, 2.45) is 0 Å². The molecule has 0 radical (unpaired) electrons. The van der Waals surface area contributed by atoms with Crippen LogP contribution in [0.1, 0.15) is 52.8 Å². The summed E-state index contributed by atoms with van der Waals surface area (Å²) >= 11 is 1.55. The zero-order valence-corrected chi connectivity index (χ0v) is 15.9. The fraction of sp³-hybridized carbons (Fsp3) is 0.500. The predicted molar refractivity (Wildman–Crippen MR) is 103 cm³/mol. The van der Waals surface area contributed by atoms with E-state index in [-0.39, 0.29) is 5.91 Å². The van der Waals surface area contributed by atoms with Gasteiger partial charge in [-0.05, 0) is 37.9 Å². The zero-order valence-electron chi connectivity index (χ0n) is 15.1. The molecule has 0 aliphatic heterocycles. The molecule has 1 amide bonds. The van der Waals surface area contributed by atoms with Crippen LogP contribution < -0.4 is 5.32 Å². The minimum Gasteiger partial charge on any atom is -0.350 e. The molecule has 1 aromatic carbocycles. The Hall–Kier alpha value is -1.72. The Labute approximate surface area is 154 Å². The summed E-state index contributed by atoms with van der Waals surface area (Å²) in [7, 11) is 0. The van der Waals surface area contributed by atoms with Gasteiger partial charge in [0.05, 0.1) is 11.2 Å². The maximum Gasteiger partial charge on any atom is 0.263 e. The third-order valence-electron chi connectivity index (χ3n) is 4.82. The first-order valence-electron chi connectivity index (χ1n) is 9.23. The standard InChI is InChI=1S/C20H27N3OS/c1-3-23(4-2)17(12-15-8-6-5-7-9-15)13-21-19(24)18-14-22-20(25-18)16-10-11-16/h5-9,14,16-17H,3-4,10-13H2,1-2H3,(H,21,24). The van der Waals surface area contributed by atoms with Crippen LogP contribution in [0.3, 0.4) is 0 Å². The number of nitrogens with one attached hydrogen (secondary N) is 1. The van der Waals surface area contributed by atoms with Crippen molar-refractivity contribution in [3.8, 4) is 0 Å². The highest BCUT2D eigenvalue weighted by Crippen LogP contribution is 2.41.